The summed E-state index contributed by atoms with van der Waals surface area (Å²) in [6, 6.07) is 12.0. The van der Waals surface area contributed by atoms with Crippen LogP contribution in [0.25, 0.3) is 11.1 Å². The SMILES string of the molecule is C=C(C)C(=O)Oc1ccc(-c2ccc(OC(=O)C(=C)C)c(OCCOC(=O)C(C)(C)C)c2)cc1. The number of rotatable bonds is 9. The van der Waals surface area contributed by atoms with Crippen molar-refractivity contribution in [1.82, 2.24) is 0 Å². The number of ether oxygens (including phenoxy) is 4. The zero-order valence-electron chi connectivity index (χ0n) is 20.2. The highest BCUT2D eigenvalue weighted by Gasteiger charge is 2.23. The van der Waals surface area contributed by atoms with Gasteiger partial charge in [0.15, 0.2) is 11.5 Å². The molecule has 0 aromatic heterocycles. The van der Waals surface area contributed by atoms with Crippen molar-refractivity contribution < 1.29 is 33.3 Å². The average molecular weight is 467 g/mol. The topological polar surface area (TPSA) is 88.1 Å². The molecule has 0 aliphatic rings. The maximum absolute atomic E-state index is 12.0. The van der Waals surface area contributed by atoms with Crippen molar-refractivity contribution in [3.05, 3.63) is 66.8 Å². The van der Waals surface area contributed by atoms with Crippen molar-refractivity contribution in [2.24, 2.45) is 5.41 Å². The zero-order chi connectivity index (χ0) is 25.5. The van der Waals surface area contributed by atoms with Gasteiger partial charge in [0, 0.05) is 11.1 Å². The lowest BCUT2D eigenvalue weighted by atomic mass is 9.97. The van der Waals surface area contributed by atoms with Gasteiger partial charge in [0.2, 0.25) is 0 Å². The second kappa shape index (κ2) is 11.3. The molecule has 0 fully saturated rings. The number of hydrogen-bond acceptors (Lipinski definition) is 7. The second-order valence-electron chi connectivity index (χ2n) is 8.76. The molecule has 2 aromatic carbocycles. The predicted octanol–water partition coefficient (Wildman–Crippen LogP) is 5.28. The van der Waals surface area contributed by atoms with E-state index in [9.17, 15) is 14.4 Å². The molecule has 34 heavy (non-hydrogen) atoms. The molecule has 0 spiro atoms. The molecule has 0 atom stereocenters. The van der Waals surface area contributed by atoms with Gasteiger partial charge in [-0.15, -0.1) is 0 Å². The highest BCUT2D eigenvalue weighted by atomic mass is 16.6. The molecule has 0 bridgehead atoms. The first-order valence-corrected chi connectivity index (χ1v) is 10.7. The van der Waals surface area contributed by atoms with Gasteiger partial charge in [-0.05, 0) is 70.0 Å². The molecule has 0 aliphatic carbocycles. The first kappa shape index (κ1) is 26.4. The molecular weight excluding hydrogens is 436 g/mol. The summed E-state index contributed by atoms with van der Waals surface area (Å²) in [7, 11) is 0. The maximum Gasteiger partial charge on any atom is 0.338 e. The second-order valence-corrected chi connectivity index (χ2v) is 8.76. The minimum Gasteiger partial charge on any atom is -0.486 e. The van der Waals surface area contributed by atoms with Gasteiger partial charge in [-0.1, -0.05) is 31.4 Å². The number of esters is 3. The first-order valence-electron chi connectivity index (χ1n) is 10.7. The molecule has 0 aliphatic heterocycles. The molecule has 0 heterocycles. The average Bonchev–Trinajstić information content (AvgIpc) is 2.77. The fourth-order valence-electron chi connectivity index (χ4n) is 2.48. The third-order valence-corrected chi connectivity index (χ3v) is 4.43. The summed E-state index contributed by atoms with van der Waals surface area (Å²) in [6.07, 6.45) is 0. The highest BCUT2D eigenvalue weighted by molar-refractivity contribution is 5.89. The van der Waals surface area contributed by atoms with Crippen LogP contribution in [0.1, 0.15) is 34.6 Å². The van der Waals surface area contributed by atoms with Crippen molar-refractivity contribution in [2.75, 3.05) is 13.2 Å². The Kier molecular flexibility index (Phi) is 8.78. The number of hydrogen-bond donors (Lipinski definition) is 0. The van der Waals surface area contributed by atoms with Gasteiger partial charge in [-0.25, -0.2) is 9.59 Å². The number of carbonyl (C=O) groups excluding carboxylic acids is 3. The van der Waals surface area contributed by atoms with Crippen LogP contribution < -0.4 is 14.2 Å². The van der Waals surface area contributed by atoms with Gasteiger partial charge < -0.3 is 18.9 Å². The molecule has 0 saturated carbocycles. The van der Waals surface area contributed by atoms with Gasteiger partial charge in [0.25, 0.3) is 0 Å². The van der Waals surface area contributed by atoms with E-state index in [4.69, 9.17) is 18.9 Å². The normalized spacial score (nSPS) is 10.7. The Bertz CT molecular complexity index is 1090. The molecule has 2 rings (SSSR count). The van der Waals surface area contributed by atoms with E-state index < -0.39 is 17.4 Å². The van der Waals surface area contributed by atoms with E-state index in [1.54, 1.807) is 77.1 Å². The minimum atomic E-state index is -0.618. The van der Waals surface area contributed by atoms with E-state index in [1.165, 1.54) is 0 Å². The van der Waals surface area contributed by atoms with Crippen LogP contribution in [0, 0.1) is 5.41 Å². The third-order valence-electron chi connectivity index (χ3n) is 4.43. The van der Waals surface area contributed by atoms with Gasteiger partial charge in [-0.2, -0.15) is 0 Å². The van der Waals surface area contributed by atoms with Gasteiger partial charge >= 0.3 is 17.9 Å². The quantitative estimate of drug-likeness (QED) is 0.215. The summed E-state index contributed by atoms with van der Waals surface area (Å²) in [4.78, 5) is 35.7. The van der Waals surface area contributed by atoms with E-state index >= 15 is 0 Å². The van der Waals surface area contributed by atoms with E-state index in [1.807, 2.05) is 0 Å². The summed E-state index contributed by atoms with van der Waals surface area (Å²) >= 11 is 0. The maximum atomic E-state index is 12.0. The van der Waals surface area contributed by atoms with Crippen LogP contribution >= 0.6 is 0 Å². The van der Waals surface area contributed by atoms with Gasteiger partial charge in [-0.3, -0.25) is 4.79 Å². The van der Waals surface area contributed by atoms with Crippen LogP contribution in [-0.2, 0) is 19.1 Å². The van der Waals surface area contributed by atoms with Crippen molar-refractivity contribution in [3.63, 3.8) is 0 Å². The summed E-state index contributed by atoms with van der Waals surface area (Å²) < 4.78 is 21.6. The zero-order valence-corrected chi connectivity index (χ0v) is 20.2. The van der Waals surface area contributed by atoms with Crippen LogP contribution in [0.15, 0.2) is 66.8 Å². The van der Waals surface area contributed by atoms with Crippen LogP contribution in [-0.4, -0.2) is 31.1 Å². The fraction of sp³-hybridized carbons (Fsp3) is 0.296. The lowest BCUT2D eigenvalue weighted by Gasteiger charge is -2.17. The van der Waals surface area contributed by atoms with E-state index in [0.29, 0.717) is 17.1 Å². The first-order chi connectivity index (χ1) is 15.9. The molecule has 180 valence electrons. The van der Waals surface area contributed by atoms with Crippen LogP contribution in [0.3, 0.4) is 0 Å². The molecule has 2 aromatic rings. The molecule has 0 N–H and O–H groups in total. The largest absolute Gasteiger partial charge is 0.486 e. The van der Waals surface area contributed by atoms with Crippen molar-refractivity contribution in [1.29, 1.82) is 0 Å². The Morgan fingerprint density at radius 1 is 0.765 bits per heavy atom. The van der Waals surface area contributed by atoms with Crippen LogP contribution in [0.2, 0.25) is 0 Å². The van der Waals surface area contributed by atoms with Crippen molar-refractivity contribution >= 4 is 17.9 Å². The van der Waals surface area contributed by atoms with E-state index in [0.717, 1.165) is 11.1 Å². The summed E-state index contributed by atoms with van der Waals surface area (Å²) in [5, 5.41) is 0. The Morgan fingerprint density at radius 3 is 1.88 bits per heavy atom. The Balaban J connectivity index is 2.21. The smallest absolute Gasteiger partial charge is 0.338 e. The Morgan fingerprint density at radius 2 is 1.32 bits per heavy atom. The minimum absolute atomic E-state index is 0.0387. The Hall–Kier alpha value is -3.87. The molecule has 0 unspecified atom stereocenters. The molecule has 0 saturated heterocycles. The van der Waals surface area contributed by atoms with Gasteiger partial charge in [0.1, 0.15) is 19.0 Å². The van der Waals surface area contributed by atoms with Crippen molar-refractivity contribution in [3.8, 4) is 28.4 Å². The summed E-state index contributed by atoms with van der Waals surface area (Å²) in [5.74, 6) is -0.519. The highest BCUT2D eigenvalue weighted by Crippen LogP contribution is 2.34. The number of carbonyl (C=O) groups is 3. The third kappa shape index (κ3) is 7.62. The predicted molar refractivity (Wildman–Crippen MR) is 129 cm³/mol. The monoisotopic (exact) mass is 466 g/mol. The van der Waals surface area contributed by atoms with E-state index in [-0.39, 0.29) is 30.5 Å². The Labute approximate surface area is 200 Å². The van der Waals surface area contributed by atoms with E-state index in [2.05, 4.69) is 13.2 Å². The molecule has 0 radical (unpaired) electrons. The lowest BCUT2D eigenvalue weighted by Crippen LogP contribution is -2.25. The summed E-state index contributed by atoms with van der Waals surface area (Å²) in [5.41, 5.74) is 1.52. The fourth-order valence-corrected chi connectivity index (χ4v) is 2.48. The standard InChI is InChI=1S/C27H30O7/c1-17(2)24(28)33-21-11-8-19(9-12-21)20-10-13-22(34-25(29)18(3)4)23(16-20)31-14-15-32-26(30)27(5,6)7/h8-13,16H,1,3,14-15H2,2,4-7H3. The summed E-state index contributed by atoms with van der Waals surface area (Å²) in [6.45, 7) is 15.7. The molecule has 0 amide bonds. The molecule has 7 heteroatoms. The molecule has 7 nitrogen and oxygen atoms in total. The molecular formula is C27H30O7. The lowest BCUT2D eigenvalue weighted by molar-refractivity contribution is -0.153. The van der Waals surface area contributed by atoms with Gasteiger partial charge in [0.05, 0.1) is 5.41 Å². The van der Waals surface area contributed by atoms with Crippen LogP contribution in [0.5, 0.6) is 17.2 Å². The number of benzene rings is 2. The van der Waals surface area contributed by atoms with Crippen LogP contribution in [0.4, 0.5) is 0 Å². The van der Waals surface area contributed by atoms with Crippen molar-refractivity contribution in [2.45, 2.75) is 34.6 Å².